The summed E-state index contributed by atoms with van der Waals surface area (Å²) in [4.78, 5) is 4.12. The largest absolute Gasteiger partial charge is 0.416 e. The normalized spacial score (nSPS) is 15.2. The number of anilines is 2. The second kappa shape index (κ2) is 8.38. The number of nitrogens with zero attached hydrogens (tertiary/aromatic N) is 1. The number of hydrogen-bond acceptors (Lipinski definition) is 4. The lowest BCUT2D eigenvalue weighted by atomic mass is 10.2. The summed E-state index contributed by atoms with van der Waals surface area (Å²) in [5, 5.41) is 0.589. The van der Waals surface area contributed by atoms with Crippen LogP contribution in [0.25, 0.3) is 0 Å². The maximum absolute atomic E-state index is 12.8. The van der Waals surface area contributed by atoms with Gasteiger partial charge >= 0.3 is 6.18 Å². The SMILES string of the molecule is N=S(=O)(NCCN1c2ccccc2Sc2ccc(Cl)cc21)c1ccc(C(F)(F)F)cc1. The van der Waals surface area contributed by atoms with Gasteiger partial charge in [-0.1, -0.05) is 35.5 Å². The molecule has 0 saturated heterocycles. The first-order chi connectivity index (χ1) is 14.6. The van der Waals surface area contributed by atoms with Crippen LogP contribution >= 0.6 is 23.4 Å². The second-order valence-corrected chi connectivity index (χ2v) is 10.2. The molecule has 1 unspecified atom stereocenters. The molecule has 1 heterocycles. The number of nitrogens with one attached hydrogen (secondary N) is 2. The van der Waals surface area contributed by atoms with E-state index in [4.69, 9.17) is 16.4 Å². The van der Waals surface area contributed by atoms with Crippen molar-refractivity contribution in [2.75, 3.05) is 18.0 Å². The molecule has 0 aliphatic carbocycles. The lowest BCUT2D eigenvalue weighted by Crippen LogP contribution is -2.33. The highest BCUT2D eigenvalue weighted by Gasteiger charge is 2.30. The molecule has 0 amide bonds. The summed E-state index contributed by atoms with van der Waals surface area (Å²) in [5.41, 5.74) is 1.03. The topological polar surface area (TPSA) is 56.2 Å². The summed E-state index contributed by atoms with van der Waals surface area (Å²) in [6.07, 6.45) is -4.48. The molecule has 3 aromatic rings. The maximum Gasteiger partial charge on any atom is 0.416 e. The summed E-state index contributed by atoms with van der Waals surface area (Å²) < 4.78 is 61.8. The molecule has 0 radical (unpaired) electrons. The molecular formula is C21H17ClF3N3OS2. The number of fused-ring (bicyclic) bond motifs is 2. The number of rotatable bonds is 5. The Balaban J connectivity index is 1.53. The van der Waals surface area contributed by atoms with Crippen LogP contribution in [0.3, 0.4) is 0 Å². The van der Waals surface area contributed by atoms with Gasteiger partial charge in [-0.3, -0.25) is 0 Å². The molecule has 0 saturated carbocycles. The zero-order chi connectivity index (χ0) is 22.2. The molecule has 0 aromatic heterocycles. The predicted molar refractivity (Wildman–Crippen MR) is 118 cm³/mol. The van der Waals surface area contributed by atoms with Crippen LogP contribution in [0.5, 0.6) is 0 Å². The molecule has 10 heteroatoms. The van der Waals surface area contributed by atoms with Crippen LogP contribution in [0.2, 0.25) is 5.02 Å². The molecule has 0 bridgehead atoms. The van der Waals surface area contributed by atoms with Crippen molar-refractivity contribution in [1.82, 2.24) is 4.72 Å². The zero-order valence-corrected chi connectivity index (χ0v) is 18.3. The summed E-state index contributed by atoms with van der Waals surface area (Å²) in [7, 11) is -3.46. The summed E-state index contributed by atoms with van der Waals surface area (Å²) >= 11 is 7.82. The van der Waals surface area contributed by atoms with Crippen molar-refractivity contribution in [2.45, 2.75) is 20.9 Å². The molecule has 1 aliphatic heterocycles. The first kappa shape index (κ1) is 22.0. The molecule has 0 fully saturated rings. The third-order valence-corrected chi connectivity index (χ3v) is 7.65. The van der Waals surface area contributed by atoms with Gasteiger partial charge in [-0.05, 0) is 54.6 Å². The van der Waals surface area contributed by atoms with Gasteiger partial charge in [0.1, 0.15) is 9.92 Å². The van der Waals surface area contributed by atoms with Gasteiger partial charge in [0, 0.05) is 27.9 Å². The summed E-state index contributed by atoms with van der Waals surface area (Å²) in [5.74, 6) is 0. The fourth-order valence-corrected chi connectivity index (χ4v) is 5.57. The minimum Gasteiger partial charge on any atom is -0.338 e. The average Bonchev–Trinajstić information content (AvgIpc) is 2.73. The van der Waals surface area contributed by atoms with E-state index in [1.54, 1.807) is 11.8 Å². The summed E-state index contributed by atoms with van der Waals surface area (Å²) in [6.45, 7) is 0.565. The fraction of sp³-hybridized carbons (Fsp3) is 0.143. The Kier molecular flexibility index (Phi) is 5.95. The Morgan fingerprint density at radius 2 is 1.68 bits per heavy atom. The maximum atomic E-state index is 12.8. The van der Waals surface area contributed by atoms with Crippen LogP contribution in [0.4, 0.5) is 24.5 Å². The van der Waals surface area contributed by atoms with Crippen LogP contribution in [-0.2, 0) is 16.1 Å². The van der Waals surface area contributed by atoms with Gasteiger partial charge in [-0.25, -0.2) is 13.7 Å². The van der Waals surface area contributed by atoms with Crippen molar-refractivity contribution in [3.05, 3.63) is 77.3 Å². The Labute approximate surface area is 187 Å². The lowest BCUT2D eigenvalue weighted by molar-refractivity contribution is -0.137. The minimum absolute atomic E-state index is 0.00135. The quantitative estimate of drug-likeness (QED) is 0.431. The highest BCUT2D eigenvalue weighted by Crippen LogP contribution is 2.48. The van der Waals surface area contributed by atoms with E-state index in [-0.39, 0.29) is 11.4 Å². The van der Waals surface area contributed by atoms with E-state index in [9.17, 15) is 17.4 Å². The zero-order valence-electron chi connectivity index (χ0n) is 15.9. The molecule has 0 spiro atoms. The molecule has 4 nitrogen and oxygen atoms in total. The first-order valence-electron chi connectivity index (χ1n) is 9.20. The van der Waals surface area contributed by atoms with Crippen LogP contribution in [0, 0.1) is 4.78 Å². The Morgan fingerprint density at radius 1 is 1.00 bits per heavy atom. The standard InChI is InChI=1S/C21H17ClF3N3OS2/c22-15-7-10-20-18(13-15)28(17-3-1-2-4-19(17)30-20)12-11-27-31(26,29)16-8-5-14(6-9-16)21(23,24)25/h1-10,13H,11-12H2,(H2,26,27,29). The van der Waals surface area contributed by atoms with E-state index in [2.05, 4.69) is 4.72 Å². The molecule has 4 rings (SSSR count). The van der Waals surface area contributed by atoms with Gasteiger partial charge in [0.15, 0.2) is 0 Å². The number of para-hydroxylation sites is 1. The van der Waals surface area contributed by atoms with Gasteiger partial charge in [0.2, 0.25) is 0 Å². The Bertz CT molecular complexity index is 1220. The average molecular weight is 484 g/mol. The van der Waals surface area contributed by atoms with Crippen molar-refractivity contribution in [2.24, 2.45) is 0 Å². The van der Waals surface area contributed by atoms with E-state index in [0.29, 0.717) is 11.6 Å². The van der Waals surface area contributed by atoms with E-state index in [1.807, 2.05) is 47.4 Å². The molecule has 3 aromatic carbocycles. The molecule has 1 aliphatic rings. The third-order valence-electron chi connectivity index (χ3n) is 4.74. The Morgan fingerprint density at radius 3 is 2.39 bits per heavy atom. The summed E-state index contributed by atoms with van der Waals surface area (Å²) in [6, 6.07) is 17.3. The van der Waals surface area contributed by atoms with E-state index in [0.717, 1.165) is 45.4 Å². The van der Waals surface area contributed by atoms with Crippen LogP contribution in [-0.4, -0.2) is 17.3 Å². The second-order valence-electron chi connectivity index (χ2n) is 6.81. The fourth-order valence-electron chi connectivity index (χ4n) is 3.26. The first-order valence-corrected chi connectivity index (χ1v) is 11.9. The third kappa shape index (κ3) is 4.69. The number of benzene rings is 3. The molecule has 1 atom stereocenters. The van der Waals surface area contributed by atoms with E-state index in [1.165, 1.54) is 0 Å². The molecule has 162 valence electrons. The van der Waals surface area contributed by atoms with Crippen molar-refractivity contribution in [3.63, 3.8) is 0 Å². The highest BCUT2D eigenvalue weighted by molar-refractivity contribution is 7.99. The molecular weight excluding hydrogens is 467 g/mol. The van der Waals surface area contributed by atoms with E-state index >= 15 is 0 Å². The minimum atomic E-state index is -4.48. The van der Waals surface area contributed by atoms with Crippen molar-refractivity contribution >= 4 is 44.7 Å². The number of alkyl halides is 3. The monoisotopic (exact) mass is 483 g/mol. The van der Waals surface area contributed by atoms with Crippen LogP contribution in [0.15, 0.2) is 81.4 Å². The smallest absolute Gasteiger partial charge is 0.338 e. The number of hydrogen-bond donors (Lipinski definition) is 2. The van der Waals surface area contributed by atoms with Gasteiger partial charge in [0.25, 0.3) is 0 Å². The number of halogens is 4. The van der Waals surface area contributed by atoms with Gasteiger partial charge in [0.05, 0.1) is 21.8 Å². The van der Waals surface area contributed by atoms with Crippen LogP contribution < -0.4 is 9.62 Å². The lowest BCUT2D eigenvalue weighted by Gasteiger charge is -2.33. The predicted octanol–water partition coefficient (Wildman–Crippen LogP) is 6.57. The van der Waals surface area contributed by atoms with Crippen molar-refractivity contribution < 1.29 is 17.4 Å². The van der Waals surface area contributed by atoms with E-state index < -0.39 is 21.7 Å². The molecule has 2 N–H and O–H groups in total. The van der Waals surface area contributed by atoms with Gasteiger partial charge in [-0.2, -0.15) is 13.2 Å². The Hall–Kier alpha value is -2.20. The van der Waals surface area contributed by atoms with Crippen molar-refractivity contribution in [1.29, 1.82) is 4.78 Å². The van der Waals surface area contributed by atoms with Gasteiger partial charge in [-0.15, -0.1) is 0 Å². The van der Waals surface area contributed by atoms with Gasteiger partial charge < -0.3 is 4.90 Å². The highest BCUT2D eigenvalue weighted by atomic mass is 35.5. The van der Waals surface area contributed by atoms with Crippen molar-refractivity contribution in [3.8, 4) is 0 Å². The van der Waals surface area contributed by atoms with Crippen LogP contribution in [0.1, 0.15) is 5.56 Å². The molecule has 31 heavy (non-hydrogen) atoms.